The Bertz CT molecular complexity index is 1340. The van der Waals surface area contributed by atoms with Gasteiger partial charge in [0.05, 0.1) is 11.7 Å². The van der Waals surface area contributed by atoms with Crippen LogP contribution in [0, 0.1) is 20.8 Å². The van der Waals surface area contributed by atoms with Gasteiger partial charge < -0.3 is 5.32 Å². The molecule has 2 aromatic heterocycles. The Morgan fingerprint density at radius 2 is 1.90 bits per heavy atom. The predicted octanol–water partition coefficient (Wildman–Crippen LogP) is 5.34. The number of thiophene rings is 1. The summed E-state index contributed by atoms with van der Waals surface area (Å²) in [7, 11) is 0. The Labute approximate surface area is 183 Å². The molecule has 1 N–H and O–H groups in total. The predicted molar refractivity (Wildman–Crippen MR) is 124 cm³/mol. The van der Waals surface area contributed by atoms with Gasteiger partial charge >= 0.3 is 0 Å². The highest BCUT2D eigenvalue weighted by Crippen LogP contribution is 2.33. The van der Waals surface area contributed by atoms with Crippen LogP contribution in [0.1, 0.15) is 16.7 Å². The summed E-state index contributed by atoms with van der Waals surface area (Å²) < 4.78 is 1.35. The van der Waals surface area contributed by atoms with E-state index in [1.54, 1.807) is 18.2 Å². The molecule has 152 valence electrons. The Balaban J connectivity index is 1.68. The molecule has 7 heteroatoms. The third kappa shape index (κ3) is 3.88. The largest absolute Gasteiger partial charge is 0.324 e. The van der Waals surface area contributed by atoms with Gasteiger partial charge in [0.25, 0.3) is 5.56 Å². The van der Waals surface area contributed by atoms with Gasteiger partial charge in [0.1, 0.15) is 11.4 Å². The standard InChI is InChI=1S/C23H20ClN3O2S/c1-13-4-6-17(14(2)8-13)18-11-30-22-21(18)23(29)27(12-25-22)10-20(28)26-19-7-5-16(24)9-15(19)3/h4-9,11-12H,10H2,1-3H3,(H,26,28). The number of nitrogens with zero attached hydrogens (tertiary/aromatic N) is 2. The first-order valence-corrected chi connectivity index (χ1v) is 10.7. The molecule has 0 saturated heterocycles. The number of fused-ring (bicyclic) bond motifs is 1. The van der Waals surface area contributed by atoms with E-state index in [0.717, 1.165) is 22.3 Å². The molecule has 0 radical (unpaired) electrons. The summed E-state index contributed by atoms with van der Waals surface area (Å²) in [5.41, 5.74) is 5.42. The molecule has 0 bridgehead atoms. The van der Waals surface area contributed by atoms with Gasteiger partial charge in [-0.2, -0.15) is 0 Å². The van der Waals surface area contributed by atoms with E-state index < -0.39 is 0 Å². The van der Waals surface area contributed by atoms with Crippen LogP contribution in [0.3, 0.4) is 0 Å². The number of hydrogen-bond donors (Lipinski definition) is 1. The maximum atomic E-state index is 13.2. The minimum Gasteiger partial charge on any atom is -0.324 e. The topological polar surface area (TPSA) is 64.0 Å². The fourth-order valence-corrected chi connectivity index (χ4v) is 4.63. The number of carbonyl (C=O) groups excluding carboxylic acids is 1. The van der Waals surface area contributed by atoms with Crippen molar-refractivity contribution in [2.75, 3.05) is 5.32 Å². The van der Waals surface area contributed by atoms with Crippen molar-refractivity contribution in [1.82, 2.24) is 9.55 Å². The number of aromatic nitrogens is 2. The molecule has 5 nitrogen and oxygen atoms in total. The lowest BCUT2D eigenvalue weighted by Gasteiger charge is -2.10. The van der Waals surface area contributed by atoms with Gasteiger partial charge in [-0.15, -0.1) is 11.3 Å². The van der Waals surface area contributed by atoms with Gasteiger partial charge in [0, 0.05) is 21.7 Å². The lowest BCUT2D eigenvalue weighted by Crippen LogP contribution is -2.28. The number of nitrogens with one attached hydrogen (secondary N) is 1. The van der Waals surface area contributed by atoms with Gasteiger partial charge in [-0.1, -0.05) is 35.4 Å². The lowest BCUT2D eigenvalue weighted by molar-refractivity contribution is -0.116. The van der Waals surface area contributed by atoms with Crippen molar-refractivity contribution in [2.24, 2.45) is 0 Å². The first-order chi connectivity index (χ1) is 14.3. The summed E-state index contributed by atoms with van der Waals surface area (Å²) in [6.07, 6.45) is 1.43. The molecule has 2 aromatic carbocycles. The van der Waals surface area contributed by atoms with Crippen molar-refractivity contribution in [3.05, 3.63) is 80.2 Å². The molecule has 4 aromatic rings. The third-order valence-electron chi connectivity index (χ3n) is 5.01. The van der Waals surface area contributed by atoms with Gasteiger partial charge in [-0.25, -0.2) is 4.98 Å². The third-order valence-corrected chi connectivity index (χ3v) is 6.13. The average Bonchev–Trinajstić information content (AvgIpc) is 3.11. The Kier molecular flexibility index (Phi) is 5.45. The Morgan fingerprint density at radius 3 is 2.63 bits per heavy atom. The van der Waals surface area contributed by atoms with Gasteiger partial charge in [-0.3, -0.25) is 14.2 Å². The second kappa shape index (κ2) is 8.05. The number of hydrogen-bond acceptors (Lipinski definition) is 4. The van der Waals surface area contributed by atoms with Gasteiger partial charge in [-0.05, 0) is 55.7 Å². The second-order valence-electron chi connectivity index (χ2n) is 7.33. The number of anilines is 1. The Hall–Kier alpha value is -2.96. The minimum atomic E-state index is -0.299. The molecule has 0 aliphatic rings. The highest BCUT2D eigenvalue weighted by molar-refractivity contribution is 7.17. The highest BCUT2D eigenvalue weighted by Gasteiger charge is 2.16. The maximum absolute atomic E-state index is 13.2. The average molecular weight is 438 g/mol. The van der Waals surface area contributed by atoms with Crippen molar-refractivity contribution in [2.45, 2.75) is 27.3 Å². The summed E-state index contributed by atoms with van der Waals surface area (Å²) in [5, 5.41) is 5.94. The van der Waals surface area contributed by atoms with Crippen LogP contribution in [0.5, 0.6) is 0 Å². The molecule has 1 amide bonds. The van der Waals surface area contributed by atoms with Crippen LogP contribution in [0.15, 0.2) is 52.9 Å². The quantitative estimate of drug-likeness (QED) is 0.468. The number of amides is 1. The smallest absolute Gasteiger partial charge is 0.263 e. The summed E-state index contributed by atoms with van der Waals surface area (Å²) in [6, 6.07) is 11.4. The fourth-order valence-electron chi connectivity index (χ4n) is 3.51. The summed E-state index contributed by atoms with van der Waals surface area (Å²) in [6.45, 7) is 5.81. The van der Waals surface area contributed by atoms with Crippen LogP contribution in [0.2, 0.25) is 5.02 Å². The molecular formula is C23H20ClN3O2S. The first kappa shape index (κ1) is 20.3. The molecule has 0 unspecified atom stereocenters. The van der Waals surface area contributed by atoms with E-state index in [-0.39, 0.29) is 18.0 Å². The number of benzene rings is 2. The van der Waals surface area contributed by atoms with Crippen LogP contribution >= 0.6 is 22.9 Å². The van der Waals surface area contributed by atoms with E-state index in [0.29, 0.717) is 20.9 Å². The maximum Gasteiger partial charge on any atom is 0.263 e. The molecule has 4 rings (SSSR count). The zero-order valence-electron chi connectivity index (χ0n) is 16.8. The lowest BCUT2D eigenvalue weighted by atomic mass is 9.99. The van der Waals surface area contributed by atoms with Crippen LogP contribution in [-0.4, -0.2) is 15.5 Å². The SMILES string of the molecule is Cc1ccc(-c2csc3ncn(CC(=O)Nc4ccc(Cl)cc4C)c(=O)c23)c(C)c1. The molecule has 0 aliphatic carbocycles. The van der Waals surface area contributed by atoms with Crippen LogP contribution in [0.4, 0.5) is 5.69 Å². The van der Waals surface area contributed by atoms with Crippen molar-refractivity contribution in [3.8, 4) is 11.1 Å². The number of rotatable bonds is 4. The number of carbonyl (C=O) groups is 1. The molecule has 0 spiro atoms. The zero-order chi connectivity index (χ0) is 21.4. The van der Waals surface area contributed by atoms with Crippen LogP contribution < -0.4 is 10.9 Å². The summed E-state index contributed by atoms with van der Waals surface area (Å²) in [5.74, 6) is -0.299. The molecular weight excluding hydrogens is 418 g/mol. The van der Waals surface area contributed by atoms with Crippen molar-refractivity contribution >= 4 is 44.7 Å². The Morgan fingerprint density at radius 1 is 1.10 bits per heavy atom. The van der Waals surface area contributed by atoms with E-state index >= 15 is 0 Å². The van der Waals surface area contributed by atoms with Crippen LogP contribution in [0.25, 0.3) is 21.3 Å². The molecule has 30 heavy (non-hydrogen) atoms. The van der Waals surface area contributed by atoms with Crippen molar-refractivity contribution in [1.29, 1.82) is 0 Å². The van der Waals surface area contributed by atoms with Crippen LogP contribution in [-0.2, 0) is 11.3 Å². The monoisotopic (exact) mass is 437 g/mol. The fraction of sp³-hybridized carbons (Fsp3) is 0.174. The molecule has 0 atom stereocenters. The van der Waals surface area contributed by atoms with E-state index in [2.05, 4.69) is 16.4 Å². The number of aryl methyl sites for hydroxylation is 3. The van der Waals surface area contributed by atoms with Gasteiger partial charge in [0.2, 0.25) is 5.91 Å². The second-order valence-corrected chi connectivity index (χ2v) is 8.63. The van der Waals surface area contributed by atoms with Gasteiger partial charge in [0.15, 0.2) is 0 Å². The minimum absolute atomic E-state index is 0.119. The molecule has 0 fully saturated rings. The van der Waals surface area contributed by atoms with Crippen molar-refractivity contribution < 1.29 is 4.79 Å². The summed E-state index contributed by atoms with van der Waals surface area (Å²) >= 11 is 7.40. The molecule has 0 saturated carbocycles. The normalized spacial score (nSPS) is 11.1. The molecule has 2 heterocycles. The number of halogens is 1. The van der Waals surface area contributed by atoms with Crippen molar-refractivity contribution in [3.63, 3.8) is 0 Å². The highest BCUT2D eigenvalue weighted by atomic mass is 35.5. The van der Waals surface area contributed by atoms with E-state index in [1.807, 2.05) is 38.3 Å². The first-order valence-electron chi connectivity index (χ1n) is 9.44. The van der Waals surface area contributed by atoms with E-state index in [1.165, 1.54) is 27.8 Å². The zero-order valence-corrected chi connectivity index (χ0v) is 18.4. The van der Waals surface area contributed by atoms with E-state index in [4.69, 9.17) is 11.6 Å². The van der Waals surface area contributed by atoms with E-state index in [9.17, 15) is 9.59 Å². The summed E-state index contributed by atoms with van der Waals surface area (Å²) in [4.78, 5) is 30.8. The molecule has 0 aliphatic heterocycles.